The number of aliphatic hydroxyl groups excluding tert-OH is 3. The zero-order chi connectivity index (χ0) is 23.5. The van der Waals surface area contributed by atoms with Crippen LogP contribution in [0.2, 0.25) is 0 Å². The van der Waals surface area contributed by atoms with E-state index in [1.165, 1.54) is 0 Å². The van der Waals surface area contributed by atoms with E-state index in [0.717, 1.165) is 22.1 Å². The number of nitrogens with one attached hydrogen (secondary N) is 1. The number of carbonyl (C=O) groups is 2. The minimum Gasteiger partial charge on any atom is -0.484 e. The monoisotopic (exact) mass is 435 g/mol. The molecular weight excluding hydrogens is 406 g/mol. The fourth-order valence-electron chi connectivity index (χ4n) is 3.32. The highest BCUT2D eigenvalue weighted by molar-refractivity contribution is 5.90. The first-order valence-corrected chi connectivity index (χ1v) is 9.83. The van der Waals surface area contributed by atoms with E-state index in [0.29, 0.717) is 0 Å². The largest absolute Gasteiger partial charge is 0.484 e. The molecule has 4 atom stereocenters. The van der Waals surface area contributed by atoms with Crippen molar-refractivity contribution < 1.29 is 39.9 Å². The van der Waals surface area contributed by atoms with E-state index in [1.807, 2.05) is 26.0 Å². The van der Waals surface area contributed by atoms with Gasteiger partial charge in [0.15, 0.2) is 12.2 Å². The van der Waals surface area contributed by atoms with Gasteiger partial charge in [-0.15, -0.1) is 0 Å². The molecule has 0 fully saturated rings. The lowest BCUT2D eigenvalue weighted by Crippen LogP contribution is -2.53. The molecule has 6 N–H and O–H groups in total. The van der Waals surface area contributed by atoms with E-state index in [-0.39, 0.29) is 12.1 Å². The Morgan fingerprint density at radius 2 is 1.55 bits per heavy atom. The van der Waals surface area contributed by atoms with Gasteiger partial charge in [0.1, 0.15) is 17.5 Å². The quantitative estimate of drug-likeness (QED) is 0.407. The third-order valence-corrected chi connectivity index (χ3v) is 4.96. The second kappa shape index (κ2) is 9.61. The summed E-state index contributed by atoms with van der Waals surface area (Å²) < 4.78 is 6.17. The van der Waals surface area contributed by atoms with Gasteiger partial charge in [0.25, 0.3) is 0 Å². The molecule has 0 aliphatic carbocycles. The molecule has 2 aromatic carbocycles. The van der Waals surface area contributed by atoms with Crippen molar-refractivity contribution in [2.75, 3.05) is 0 Å². The average Bonchev–Trinajstić information content (AvgIpc) is 2.70. The first kappa shape index (κ1) is 24.5. The van der Waals surface area contributed by atoms with Crippen LogP contribution in [0.25, 0.3) is 10.8 Å². The molecule has 0 saturated heterocycles. The van der Waals surface area contributed by atoms with Crippen molar-refractivity contribution in [1.29, 1.82) is 0 Å². The molecular formula is C22H29NO8. The van der Waals surface area contributed by atoms with Crippen LogP contribution in [0.1, 0.15) is 39.3 Å². The highest BCUT2D eigenvalue weighted by atomic mass is 16.5. The van der Waals surface area contributed by atoms with Crippen LogP contribution in [0.3, 0.4) is 0 Å². The summed E-state index contributed by atoms with van der Waals surface area (Å²) in [5.41, 5.74) is 0.415. The van der Waals surface area contributed by atoms with Crippen LogP contribution in [0, 0.1) is 0 Å². The SMILES string of the molecule is CC(C)NC1c2ccc3ccccc3c2OC(C)(C)C1O.O=C(O)C(O)C(O)C(=O)O. The molecule has 9 heteroatoms. The van der Waals surface area contributed by atoms with Crippen molar-refractivity contribution in [2.45, 2.75) is 63.7 Å². The molecule has 4 unspecified atom stereocenters. The molecule has 0 bridgehead atoms. The van der Waals surface area contributed by atoms with Crippen molar-refractivity contribution in [1.82, 2.24) is 5.32 Å². The van der Waals surface area contributed by atoms with Gasteiger partial charge in [-0.05, 0) is 19.2 Å². The second-order valence-electron chi connectivity index (χ2n) is 8.22. The summed E-state index contributed by atoms with van der Waals surface area (Å²) in [5, 5.41) is 48.9. The van der Waals surface area contributed by atoms with Crippen molar-refractivity contribution in [3.8, 4) is 5.75 Å². The standard InChI is InChI=1S/C18H23NO2.C4H6O6/c1-11(2)19-15-14-10-9-12-7-5-6-8-13(12)16(14)21-18(3,4)17(15)20;5-1(3(7)8)2(6)4(9)10/h5-11,15,17,19-20H,1-4H3;1-2,5-6H,(H,7,8)(H,9,10). The van der Waals surface area contributed by atoms with Gasteiger partial charge in [-0.25, -0.2) is 9.59 Å². The number of rotatable bonds is 5. The number of carboxylic acids is 2. The van der Waals surface area contributed by atoms with E-state index in [1.54, 1.807) is 0 Å². The molecule has 0 radical (unpaired) electrons. The zero-order valence-corrected chi connectivity index (χ0v) is 17.8. The topological polar surface area (TPSA) is 157 Å². The van der Waals surface area contributed by atoms with Gasteiger partial charge < -0.3 is 35.6 Å². The van der Waals surface area contributed by atoms with E-state index >= 15 is 0 Å². The molecule has 1 heterocycles. The summed E-state index contributed by atoms with van der Waals surface area (Å²) in [7, 11) is 0. The van der Waals surface area contributed by atoms with Crippen LogP contribution in [0.5, 0.6) is 5.75 Å². The number of hydrogen-bond acceptors (Lipinski definition) is 7. The van der Waals surface area contributed by atoms with Crippen LogP contribution in [-0.2, 0) is 9.59 Å². The van der Waals surface area contributed by atoms with Gasteiger partial charge in [-0.2, -0.15) is 0 Å². The summed E-state index contributed by atoms with van der Waals surface area (Å²) >= 11 is 0. The maximum Gasteiger partial charge on any atom is 0.335 e. The summed E-state index contributed by atoms with van der Waals surface area (Å²) in [6.07, 6.45) is -5.12. The van der Waals surface area contributed by atoms with E-state index in [2.05, 4.69) is 43.4 Å². The normalized spacial score (nSPS) is 21.3. The molecule has 0 amide bonds. The number of fused-ring (bicyclic) bond motifs is 3. The zero-order valence-electron chi connectivity index (χ0n) is 17.8. The van der Waals surface area contributed by atoms with E-state index < -0.39 is 35.9 Å². The van der Waals surface area contributed by atoms with Gasteiger partial charge in [0.2, 0.25) is 0 Å². The Morgan fingerprint density at radius 3 is 2.06 bits per heavy atom. The number of hydrogen-bond donors (Lipinski definition) is 6. The maximum absolute atomic E-state index is 10.7. The highest BCUT2D eigenvalue weighted by Crippen LogP contribution is 2.43. The fraction of sp³-hybridized carbons (Fsp3) is 0.455. The number of aliphatic carboxylic acids is 2. The summed E-state index contributed by atoms with van der Waals surface area (Å²) in [5.74, 6) is -2.65. The Kier molecular flexibility index (Phi) is 7.61. The second-order valence-corrected chi connectivity index (χ2v) is 8.22. The van der Waals surface area contributed by atoms with Gasteiger partial charge >= 0.3 is 11.9 Å². The van der Waals surface area contributed by atoms with Gasteiger partial charge in [0.05, 0.1) is 6.04 Å². The van der Waals surface area contributed by atoms with E-state index in [9.17, 15) is 14.7 Å². The van der Waals surface area contributed by atoms with Crippen LogP contribution < -0.4 is 10.1 Å². The lowest BCUT2D eigenvalue weighted by molar-refractivity contribution is -0.165. The molecule has 0 spiro atoms. The molecule has 1 aliphatic heterocycles. The van der Waals surface area contributed by atoms with Crippen molar-refractivity contribution in [3.05, 3.63) is 42.0 Å². The maximum atomic E-state index is 10.7. The summed E-state index contributed by atoms with van der Waals surface area (Å²) in [6.45, 7) is 8.07. The third kappa shape index (κ3) is 5.50. The molecule has 0 aromatic heterocycles. The van der Waals surface area contributed by atoms with Gasteiger partial charge in [-0.3, -0.25) is 0 Å². The Bertz CT molecular complexity index is 924. The molecule has 31 heavy (non-hydrogen) atoms. The molecule has 170 valence electrons. The predicted octanol–water partition coefficient (Wildman–Crippen LogP) is 1.29. The highest BCUT2D eigenvalue weighted by Gasteiger charge is 2.43. The van der Waals surface area contributed by atoms with Crippen LogP contribution in [-0.4, -0.2) is 67.4 Å². The summed E-state index contributed by atoms with van der Waals surface area (Å²) in [4.78, 5) is 19.5. The molecule has 2 aromatic rings. The third-order valence-electron chi connectivity index (χ3n) is 4.96. The lowest BCUT2D eigenvalue weighted by Gasteiger charge is -2.43. The Morgan fingerprint density at radius 1 is 1.00 bits per heavy atom. The van der Waals surface area contributed by atoms with Crippen molar-refractivity contribution in [2.24, 2.45) is 0 Å². The van der Waals surface area contributed by atoms with E-state index in [4.69, 9.17) is 25.2 Å². The average molecular weight is 435 g/mol. The molecule has 1 aliphatic rings. The molecule has 0 saturated carbocycles. The first-order valence-electron chi connectivity index (χ1n) is 9.83. The van der Waals surface area contributed by atoms with Crippen LogP contribution in [0.4, 0.5) is 0 Å². The Balaban J connectivity index is 0.000000291. The lowest BCUT2D eigenvalue weighted by atomic mass is 9.85. The number of carboxylic acid groups (broad SMARTS) is 2. The molecule has 9 nitrogen and oxygen atoms in total. The Hall–Kier alpha value is -2.72. The summed E-state index contributed by atoms with van der Waals surface area (Å²) in [6, 6.07) is 12.5. The number of ether oxygens (including phenoxy) is 1. The predicted molar refractivity (Wildman–Crippen MR) is 113 cm³/mol. The fourth-order valence-corrected chi connectivity index (χ4v) is 3.32. The minimum atomic E-state index is -2.27. The van der Waals surface area contributed by atoms with Gasteiger partial charge in [0, 0.05) is 17.0 Å². The smallest absolute Gasteiger partial charge is 0.335 e. The first-order chi connectivity index (χ1) is 14.4. The van der Waals surface area contributed by atoms with Gasteiger partial charge in [-0.1, -0.05) is 50.2 Å². The minimum absolute atomic E-state index is 0.117. The van der Waals surface area contributed by atoms with Crippen LogP contribution in [0.15, 0.2) is 36.4 Å². The van der Waals surface area contributed by atoms with Crippen molar-refractivity contribution >= 4 is 22.7 Å². The number of benzene rings is 2. The Labute approximate surface area is 179 Å². The molecule has 3 rings (SSSR count). The van der Waals surface area contributed by atoms with Crippen LogP contribution >= 0.6 is 0 Å². The van der Waals surface area contributed by atoms with Crippen molar-refractivity contribution in [3.63, 3.8) is 0 Å². The number of aliphatic hydroxyl groups is 3.